The Morgan fingerprint density at radius 2 is 1.67 bits per heavy atom. The van der Waals surface area contributed by atoms with Gasteiger partial charge < -0.3 is 10.2 Å². The number of hydrogen-bond donors (Lipinski definition) is 1. The van der Waals surface area contributed by atoms with Crippen LogP contribution in [0.1, 0.15) is 22.7 Å². The Balaban J connectivity index is 1.42. The standard InChI is InChI=1S/C28H18ClF4N3O3/c29-19-13-17(8-9-20(19)30)36-26(38)21-22(27(36)39)24(35-11-10-14-4-1-2-7-18(14)23(21)35)25(37)34-16-6-3-5-15(12-16)28(31,32)33/h1-13,21-24H,(H,34,37)/t21-,22+,23?,24-/m0/s1. The van der Waals surface area contributed by atoms with E-state index in [9.17, 15) is 31.9 Å². The number of amides is 3. The summed E-state index contributed by atoms with van der Waals surface area (Å²) in [5.41, 5.74) is 0.550. The Labute approximate surface area is 224 Å². The average Bonchev–Trinajstić information content (AvgIpc) is 3.38. The van der Waals surface area contributed by atoms with Crippen LogP contribution in [-0.4, -0.2) is 28.7 Å². The van der Waals surface area contributed by atoms with Gasteiger partial charge in [-0.15, -0.1) is 0 Å². The van der Waals surface area contributed by atoms with Gasteiger partial charge in [-0.05, 0) is 53.6 Å². The molecule has 1 unspecified atom stereocenters. The molecule has 0 aromatic heterocycles. The van der Waals surface area contributed by atoms with Gasteiger partial charge in [0.2, 0.25) is 17.7 Å². The van der Waals surface area contributed by atoms with Crippen molar-refractivity contribution in [1.29, 1.82) is 0 Å². The zero-order chi connectivity index (χ0) is 27.6. The number of benzene rings is 3. The summed E-state index contributed by atoms with van der Waals surface area (Å²) >= 11 is 5.91. The number of anilines is 2. The molecule has 4 atom stereocenters. The zero-order valence-corrected chi connectivity index (χ0v) is 20.6. The maximum atomic E-state index is 13.8. The molecule has 3 heterocycles. The molecule has 39 heavy (non-hydrogen) atoms. The van der Waals surface area contributed by atoms with E-state index >= 15 is 0 Å². The first-order valence-electron chi connectivity index (χ1n) is 11.9. The molecule has 0 aliphatic carbocycles. The van der Waals surface area contributed by atoms with Crippen LogP contribution >= 0.6 is 11.6 Å². The van der Waals surface area contributed by atoms with Gasteiger partial charge in [0.1, 0.15) is 11.9 Å². The number of rotatable bonds is 3. The largest absolute Gasteiger partial charge is 0.416 e. The highest BCUT2D eigenvalue weighted by Gasteiger charge is 2.64. The number of nitrogens with zero attached hydrogens (tertiary/aromatic N) is 2. The summed E-state index contributed by atoms with van der Waals surface area (Å²) in [5, 5.41) is 2.22. The lowest BCUT2D eigenvalue weighted by Crippen LogP contribution is -2.46. The van der Waals surface area contributed by atoms with Crippen molar-refractivity contribution in [3.05, 3.63) is 100 Å². The fourth-order valence-electron chi connectivity index (χ4n) is 5.73. The molecule has 2 saturated heterocycles. The molecule has 11 heteroatoms. The molecule has 0 spiro atoms. The van der Waals surface area contributed by atoms with Crippen molar-refractivity contribution in [2.45, 2.75) is 18.3 Å². The maximum absolute atomic E-state index is 13.8. The summed E-state index contributed by atoms with van der Waals surface area (Å²) in [7, 11) is 0. The second-order valence-corrected chi connectivity index (χ2v) is 9.92. The van der Waals surface area contributed by atoms with Gasteiger partial charge in [-0.2, -0.15) is 13.2 Å². The van der Waals surface area contributed by atoms with Crippen LogP contribution in [0.25, 0.3) is 6.08 Å². The van der Waals surface area contributed by atoms with Gasteiger partial charge in [0.15, 0.2) is 0 Å². The zero-order valence-electron chi connectivity index (χ0n) is 19.8. The first kappa shape index (κ1) is 25.1. The molecule has 6 rings (SSSR count). The normalized spacial score (nSPS) is 23.5. The van der Waals surface area contributed by atoms with E-state index in [1.807, 2.05) is 12.1 Å². The Hall–Kier alpha value is -4.18. The van der Waals surface area contributed by atoms with Crippen molar-refractivity contribution in [1.82, 2.24) is 4.90 Å². The molecule has 3 amide bonds. The van der Waals surface area contributed by atoms with Gasteiger partial charge in [-0.1, -0.05) is 41.9 Å². The second kappa shape index (κ2) is 8.94. The number of alkyl halides is 3. The lowest BCUT2D eigenvalue weighted by molar-refractivity contribution is -0.137. The third-order valence-electron chi connectivity index (χ3n) is 7.35. The average molecular weight is 556 g/mol. The molecule has 3 aliphatic rings. The molecular formula is C28H18ClF4N3O3. The van der Waals surface area contributed by atoms with Crippen molar-refractivity contribution in [3.63, 3.8) is 0 Å². The molecule has 2 fully saturated rings. The summed E-state index contributed by atoms with van der Waals surface area (Å²) in [6.45, 7) is 0. The Morgan fingerprint density at radius 1 is 0.923 bits per heavy atom. The van der Waals surface area contributed by atoms with Crippen molar-refractivity contribution in [2.75, 3.05) is 10.2 Å². The number of fused-ring (bicyclic) bond motifs is 5. The van der Waals surface area contributed by atoms with Gasteiger partial charge in [0.05, 0.1) is 34.2 Å². The minimum atomic E-state index is -4.62. The van der Waals surface area contributed by atoms with E-state index in [1.165, 1.54) is 18.2 Å². The van der Waals surface area contributed by atoms with Gasteiger partial charge >= 0.3 is 6.18 Å². The summed E-state index contributed by atoms with van der Waals surface area (Å²) in [5.74, 6) is -4.87. The van der Waals surface area contributed by atoms with Crippen molar-refractivity contribution in [3.8, 4) is 0 Å². The van der Waals surface area contributed by atoms with E-state index in [4.69, 9.17) is 11.6 Å². The molecule has 3 aromatic carbocycles. The third-order valence-corrected chi connectivity index (χ3v) is 7.64. The van der Waals surface area contributed by atoms with Crippen LogP contribution in [0, 0.1) is 17.7 Å². The van der Waals surface area contributed by atoms with Crippen molar-refractivity contribution >= 4 is 46.8 Å². The van der Waals surface area contributed by atoms with E-state index in [0.29, 0.717) is 0 Å². The summed E-state index contributed by atoms with van der Waals surface area (Å²) in [4.78, 5) is 43.8. The SMILES string of the molecule is O=C(Nc1cccc(C(F)(F)F)c1)[C@@H]1[C@@H]2C(=O)N(c3ccc(F)c(Cl)c3)C(=O)[C@@H]2C2c3ccccc3C=CN21. The van der Waals surface area contributed by atoms with E-state index in [0.717, 1.165) is 40.3 Å². The topological polar surface area (TPSA) is 69.7 Å². The predicted molar refractivity (Wildman–Crippen MR) is 135 cm³/mol. The lowest BCUT2D eigenvalue weighted by atomic mass is 9.84. The van der Waals surface area contributed by atoms with Crippen LogP contribution in [0.5, 0.6) is 0 Å². The van der Waals surface area contributed by atoms with Crippen molar-refractivity contribution in [2.24, 2.45) is 11.8 Å². The number of nitrogens with one attached hydrogen (secondary N) is 1. The van der Waals surface area contributed by atoms with Crippen LogP contribution in [0.2, 0.25) is 5.02 Å². The first-order chi connectivity index (χ1) is 18.6. The molecule has 1 N–H and O–H groups in total. The molecular weight excluding hydrogens is 538 g/mol. The van der Waals surface area contributed by atoms with E-state index in [1.54, 1.807) is 29.3 Å². The van der Waals surface area contributed by atoms with Crippen LogP contribution in [0.15, 0.2) is 72.9 Å². The molecule has 3 aliphatic heterocycles. The number of carbonyl (C=O) groups is 3. The maximum Gasteiger partial charge on any atom is 0.416 e. The van der Waals surface area contributed by atoms with Crippen LogP contribution in [0.3, 0.4) is 0 Å². The van der Waals surface area contributed by atoms with Gasteiger partial charge in [-0.3, -0.25) is 14.4 Å². The Bertz CT molecular complexity index is 1570. The molecule has 198 valence electrons. The van der Waals surface area contributed by atoms with Gasteiger partial charge in [0, 0.05) is 11.9 Å². The molecule has 0 saturated carbocycles. The van der Waals surface area contributed by atoms with E-state index in [-0.39, 0.29) is 16.4 Å². The highest BCUT2D eigenvalue weighted by atomic mass is 35.5. The van der Waals surface area contributed by atoms with Crippen LogP contribution < -0.4 is 10.2 Å². The molecule has 0 bridgehead atoms. The molecule has 6 nitrogen and oxygen atoms in total. The quantitative estimate of drug-likeness (QED) is 0.335. The minimum absolute atomic E-state index is 0.0639. The summed E-state index contributed by atoms with van der Waals surface area (Å²) in [6, 6.07) is 13.0. The fraction of sp³-hybridized carbons (Fsp3) is 0.179. The molecule has 0 radical (unpaired) electrons. The fourth-order valence-corrected chi connectivity index (χ4v) is 5.90. The van der Waals surface area contributed by atoms with Gasteiger partial charge in [-0.25, -0.2) is 9.29 Å². The second-order valence-electron chi connectivity index (χ2n) is 9.51. The Kier molecular flexibility index (Phi) is 5.76. The number of halogens is 5. The number of hydrogen-bond acceptors (Lipinski definition) is 4. The minimum Gasteiger partial charge on any atom is -0.357 e. The molecule has 3 aromatic rings. The highest BCUT2D eigenvalue weighted by Crippen LogP contribution is 2.53. The van der Waals surface area contributed by atoms with Crippen LogP contribution in [-0.2, 0) is 20.6 Å². The van der Waals surface area contributed by atoms with E-state index in [2.05, 4.69) is 5.32 Å². The lowest BCUT2D eigenvalue weighted by Gasteiger charge is -2.35. The Morgan fingerprint density at radius 3 is 2.41 bits per heavy atom. The van der Waals surface area contributed by atoms with Gasteiger partial charge in [0.25, 0.3) is 0 Å². The predicted octanol–water partition coefficient (Wildman–Crippen LogP) is 5.65. The summed E-state index contributed by atoms with van der Waals surface area (Å²) in [6.07, 6.45) is -1.24. The smallest absolute Gasteiger partial charge is 0.357 e. The summed E-state index contributed by atoms with van der Waals surface area (Å²) < 4.78 is 53.6. The highest BCUT2D eigenvalue weighted by molar-refractivity contribution is 6.31. The van der Waals surface area contributed by atoms with Crippen molar-refractivity contribution < 1.29 is 31.9 Å². The number of imide groups is 1. The van der Waals surface area contributed by atoms with Crippen LogP contribution in [0.4, 0.5) is 28.9 Å². The van der Waals surface area contributed by atoms with E-state index < -0.39 is 59.2 Å². The number of carbonyl (C=O) groups excluding carboxylic acids is 3. The monoisotopic (exact) mass is 555 g/mol. The first-order valence-corrected chi connectivity index (χ1v) is 12.3. The third kappa shape index (κ3) is 3.97.